The maximum Gasteiger partial charge on any atom is 0.411 e. The maximum absolute atomic E-state index is 14.0. The van der Waals surface area contributed by atoms with E-state index in [1.54, 1.807) is 39.2 Å². The Balaban J connectivity index is 1.89. The van der Waals surface area contributed by atoms with Gasteiger partial charge in [-0.15, -0.1) is 6.58 Å². The normalized spacial score (nSPS) is 25.4. The van der Waals surface area contributed by atoms with Crippen LogP contribution in [-0.4, -0.2) is 95.3 Å². The van der Waals surface area contributed by atoms with Crippen LogP contribution in [0.1, 0.15) is 28.8 Å². The van der Waals surface area contributed by atoms with Crippen LogP contribution in [0.15, 0.2) is 41.4 Å². The number of rotatable bonds is 7. The summed E-state index contributed by atoms with van der Waals surface area (Å²) in [6.45, 7) is 3.59. The van der Waals surface area contributed by atoms with E-state index in [1.165, 1.54) is 11.0 Å². The van der Waals surface area contributed by atoms with E-state index in [-0.39, 0.29) is 36.3 Å². The number of hydrogen-bond donors (Lipinski definition) is 6. The van der Waals surface area contributed by atoms with Crippen LogP contribution in [0.5, 0.6) is 5.75 Å². The first kappa shape index (κ1) is 29.6. The van der Waals surface area contributed by atoms with Gasteiger partial charge < -0.3 is 35.8 Å². The summed E-state index contributed by atoms with van der Waals surface area (Å²) in [5.74, 6) is -7.51. The highest BCUT2D eigenvalue weighted by molar-refractivity contribution is 6.25. The molecule has 1 aromatic rings. The van der Waals surface area contributed by atoms with Crippen molar-refractivity contribution in [1.29, 1.82) is 0 Å². The second kappa shape index (κ2) is 10.6. The first-order valence-corrected chi connectivity index (χ1v) is 12.9. The van der Waals surface area contributed by atoms with Gasteiger partial charge in [0.2, 0.25) is 5.78 Å². The number of nitrogens with one attached hydrogen (secondary N) is 1. The molecule has 0 aliphatic heterocycles. The van der Waals surface area contributed by atoms with Crippen LogP contribution in [0.3, 0.4) is 0 Å². The molecule has 0 heterocycles. The standard InChI is InChI=1S/C28H34N4O9/c1-6-7-8-41-27(39)30-15-11-16(31(2)3)13-9-12-10-14-20(32(4)5)23(35)19(26(29)38)25(37)28(14,40)24(36)17(12)22(34)18(13)21(15)33/h6,11-12,14,20,33,35-36,40H,1,7-10H2,2-5H3,(H2,29,38)(H,30,39)/t12-,14?,20-,28-/m0/s1. The number of hydrogen-bond acceptors (Lipinski definition) is 11. The molecule has 1 aromatic carbocycles. The Kier molecular flexibility index (Phi) is 7.63. The van der Waals surface area contributed by atoms with Crippen molar-refractivity contribution in [2.45, 2.75) is 30.9 Å². The predicted molar refractivity (Wildman–Crippen MR) is 148 cm³/mol. The Labute approximate surface area is 236 Å². The van der Waals surface area contributed by atoms with Crippen molar-refractivity contribution < 1.29 is 44.3 Å². The molecular weight excluding hydrogens is 536 g/mol. The number of carbonyl (C=O) groups excluding carboxylic acids is 4. The van der Waals surface area contributed by atoms with E-state index in [2.05, 4.69) is 11.9 Å². The Hall–Kier alpha value is -4.36. The number of ketones is 2. The minimum Gasteiger partial charge on any atom is -0.510 e. The number of nitrogens with two attached hydrogens (primary N) is 1. The molecule has 0 aromatic heterocycles. The van der Waals surface area contributed by atoms with E-state index in [1.807, 2.05) is 0 Å². The predicted octanol–water partition coefficient (Wildman–Crippen LogP) is 1.31. The number of ether oxygens (including phenoxy) is 1. The third-order valence-electron chi connectivity index (χ3n) is 7.97. The number of aromatic hydroxyl groups is 1. The first-order chi connectivity index (χ1) is 19.2. The minimum absolute atomic E-state index is 0.0327. The number of phenolic OH excluding ortho intramolecular Hbond substituents is 1. The molecule has 4 rings (SSSR count). The SMILES string of the molecule is C=CCCOC(=O)Nc1cc(N(C)C)c2c(c1O)C(=O)C1=C(O)[C@]3(O)C(=O)C(C(N)=O)=C(O)[C@@H](N(C)C)C3C[C@@H]1C2. The molecule has 0 fully saturated rings. The average molecular weight is 571 g/mol. The summed E-state index contributed by atoms with van der Waals surface area (Å²) in [6, 6.07) is 0.408. The molecule has 41 heavy (non-hydrogen) atoms. The Morgan fingerprint density at radius 2 is 1.88 bits per heavy atom. The highest BCUT2D eigenvalue weighted by atomic mass is 16.5. The highest BCUT2D eigenvalue weighted by Gasteiger charge is 2.63. The van der Waals surface area contributed by atoms with Crippen molar-refractivity contribution in [3.63, 3.8) is 0 Å². The molecule has 4 atom stereocenters. The van der Waals surface area contributed by atoms with E-state index in [0.29, 0.717) is 17.7 Å². The van der Waals surface area contributed by atoms with Gasteiger partial charge in [0.15, 0.2) is 17.1 Å². The monoisotopic (exact) mass is 570 g/mol. The van der Waals surface area contributed by atoms with Crippen LogP contribution in [0, 0.1) is 11.8 Å². The summed E-state index contributed by atoms with van der Waals surface area (Å²) in [5, 5.41) is 47.6. The van der Waals surface area contributed by atoms with E-state index in [9.17, 15) is 39.6 Å². The van der Waals surface area contributed by atoms with Crippen molar-refractivity contribution in [3.8, 4) is 5.75 Å². The summed E-state index contributed by atoms with van der Waals surface area (Å²) >= 11 is 0. The van der Waals surface area contributed by atoms with E-state index >= 15 is 0 Å². The topological polar surface area (TPSA) is 203 Å². The highest BCUT2D eigenvalue weighted by Crippen LogP contribution is 2.53. The number of carbonyl (C=O) groups is 4. The fourth-order valence-electron chi connectivity index (χ4n) is 6.17. The van der Waals surface area contributed by atoms with Crippen LogP contribution in [0.2, 0.25) is 0 Å². The molecule has 13 heteroatoms. The van der Waals surface area contributed by atoms with Gasteiger partial charge in [-0.25, -0.2) is 4.79 Å². The number of fused-ring (bicyclic) bond motifs is 3. The number of primary amides is 1. The molecule has 0 spiro atoms. The lowest BCUT2D eigenvalue weighted by atomic mass is 9.58. The lowest BCUT2D eigenvalue weighted by Crippen LogP contribution is -2.63. The Morgan fingerprint density at radius 3 is 2.44 bits per heavy atom. The molecule has 2 amide bonds. The van der Waals surface area contributed by atoms with Crippen LogP contribution in [-0.2, 0) is 20.7 Å². The summed E-state index contributed by atoms with van der Waals surface area (Å²) in [4.78, 5) is 55.0. The number of nitrogens with zero attached hydrogens (tertiary/aromatic N) is 2. The molecule has 3 aliphatic rings. The van der Waals surface area contributed by atoms with Gasteiger partial charge in [0.1, 0.15) is 17.1 Å². The second-order valence-corrected chi connectivity index (χ2v) is 10.8. The van der Waals surface area contributed by atoms with Crippen LogP contribution < -0.4 is 16.0 Å². The van der Waals surface area contributed by atoms with Crippen molar-refractivity contribution in [3.05, 3.63) is 52.5 Å². The number of aliphatic hydroxyl groups is 3. The zero-order valence-corrected chi connectivity index (χ0v) is 23.2. The zero-order chi connectivity index (χ0) is 30.5. The quantitative estimate of drug-likeness (QED) is 0.119. The lowest BCUT2D eigenvalue weighted by Gasteiger charge is -2.50. The number of Topliss-reactive ketones (excluding diaryl/α,β-unsaturated/α-hetero) is 2. The molecule has 0 saturated heterocycles. The molecule has 0 radical (unpaired) electrons. The average Bonchev–Trinajstić information content (AvgIpc) is 2.87. The summed E-state index contributed by atoms with van der Waals surface area (Å²) in [6.07, 6.45) is 1.17. The van der Waals surface area contributed by atoms with Gasteiger partial charge in [-0.05, 0) is 50.9 Å². The Bertz CT molecular complexity index is 1430. The van der Waals surface area contributed by atoms with Gasteiger partial charge in [0, 0.05) is 31.3 Å². The smallest absolute Gasteiger partial charge is 0.411 e. The Morgan fingerprint density at radius 1 is 1.22 bits per heavy atom. The fourth-order valence-corrected chi connectivity index (χ4v) is 6.17. The van der Waals surface area contributed by atoms with Crippen molar-refractivity contribution in [1.82, 2.24) is 4.90 Å². The third kappa shape index (κ3) is 4.50. The van der Waals surface area contributed by atoms with Gasteiger partial charge in [0.05, 0.1) is 23.9 Å². The minimum atomic E-state index is -2.74. The van der Waals surface area contributed by atoms with Gasteiger partial charge in [-0.2, -0.15) is 0 Å². The maximum atomic E-state index is 14.0. The van der Waals surface area contributed by atoms with Crippen molar-refractivity contribution in [2.75, 3.05) is 45.0 Å². The largest absolute Gasteiger partial charge is 0.510 e. The number of likely N-dealkylation sites (N-methyl/N-ethyl adjacent to an activating group) is 1. The van der Waals surface area contributed by atoms with Crippen molar-refractivity contribution >= 4 is 34.9 Å². The zero-order valence-electron chi connectivity index (χ0n) is 23.2. The molecule has 7 N–H and O–H groups in total. The van der Waals surface area contributed by atoms with E-state index in [4.69, 9.17) is 10.5 Å². The third-order valence-corrected chi connectivity index (χ3v) is 7.97. The lowest BCUT2D eigenvalue weighted by molar-refractivity contribution is -0.148. The first-order valence-electron chi connectivity index (χ1n) is 12.9. The van der Waals surface area contributed by atoms with Crippen molar-refractivity contribution in [2.24, 2.45) is 17.6 Å². The molecule has 13 nitrogen and oxygen atoms in total. The van der Waals surface area contributed by atoms with Crippen LogP contribution >= 0.6 is 0 Å². The molecule has 3 aliphatic carbocycles. The number of anilines is 2. The number of amides is 2. The number of allylic oxidation sites excluding steroid dienone is 1. The summed E-state index contributed by atoms with van der Waals surface area (Å²) < 4.78 is 5.05. The summed E-state index contributed by atoms with van der Waals surface area (Å²) in [7, 11) is 6.54. The van der Waals surface area contributed by atoms with Gasteiger partial charge in [0.25, 0.3) is 5.91 Å². The molecule has 1 unspecified atom stereocenters. The molecule has 0 saturated carbocycles. The number of aliphatic hydroxyl groups excluding tert-OH is 2. The fraction of sp³-hybridized carbons (Fsp3) is 0.429. The second-order valence-electron chi connectivity index (χ2n) is 10.8. The van der Waals surface area contributed by atoms with Gasteiger partial charge >= 0.3 is 6.09 Å². The number of benzene rings is 1. The number of phenols is 1. The van der Waals surface area contributed by atoms with Gasteiger partial charge in [-0.1, -0.05) is 6.08 Å². The van der Waals surface area contributed by atoms with Gasteiger partial charge in [-0.3, -0.25) is 24.6 Å². The molecular formula is C28H34N4O9. The van der Waals surface area contributed by atoms with Crippen LogP contribution in [0.4, 0.5) is 16.2 Å². The van der Waals surface area contributed by atoms with Crippen LogP contribution in [0.25, 0.3) is 0 Å². The van der Waals surface area contributed by atoms with E-state index < -0.39 is 69.9 Å². The molecule has 0 bridgehead atoms. The van der Waals surface area contributed by atoms with E-state index in [0.717, 1.165) is 0 Å². The summed E-state index contributed by atoms with van der Waals surface area (Å²) in [5.41, 5.74) is 2.02. The molecule has 220 valence electrons.